The lowest BCUT2D eigenvalue weighted by Gasteiger charge is -2.32. The Balaban J connectivity index is 1.58. The van der Waals surface area contributed by atoms with Crippen LogP contribution in [0.4, 0.5) is 17.6 Å². The second kappa shape index (κ2) is 7.45. The molecule has 2 aromatic rings. The summed E-state index contributed by atoms with van der Waals surface area (Å²) < 4.78 is 53.6. The van der Waals surface area contributed by atoms with Gasteiger partial charge in [0.25, 0.3) is 0 Å². The van der Waals surface area contributed by atoms with Gasteiger partial charge in [-0.1, -0.05) is 25.0 Å². The van der Waals surface area contributed by atoms with Gasteiger partial charge in [-0.25, -0.2) is 17.6 Å². The molecule has 1 aliphatic carbocycles. The van der Waals surface area contributed by atoms with Crippen molar-refractivity contribution in [1.82, 2.24) is 9.80 Å². The first kappa shape index (κ1) is 18.8. The van der Waals surface area contributed by atoms with Gasteiger partial charge in [0.15, 0.2) is 29.2 Å². The smallest absolute Gasteiger partial charge is 0.194 e. The van der Waals surface area contributed by atoms with Crippen LogP contribution in [-0.2, 0) is 13.1 Å². The number of rotatable bonds is 4. The van der Waals surface area contributed by atoms with Crippen molar-refractivity contribution >= 4 is 5.96 Å². The molecule has 2 fully saturated rings. The molecular weight excluding hydrogens is 370 g/mol. The molecule has 0 bridgehead atoms. The molecule has 7 heteroatoms. The predicted molar refractivity (Wildman–Crippen MR) is 97.6 cm³/mol. The van der Waals surface area contributed by atoms with Gasteiger partial charge in [-0.05, 0) is 48.2 Å². The molecule has 2 aliphatic rings. The van der Waals surface area contributed by atoms with E-state index >= 15 is 0 Å². The van der Waals surface area contributed by atoms with Gasteiger partial charge < -0.3 is 9.80 Å². The average Bonchev–Trinajstić information content (AvgIpc) is 2.93. The maximum atomic E-state index is 13.6. The molecule has 28 heavy (non-hydrogen) atoms. The zero-order chi connectivity index (χ0) is 19.8. The monoisotopic (exact) mass is 391 g/mol. The van der Waals surface area contributed by atoms with Crippen molar-refractivity contribution in [2.24, 2.45) is 0 Å². The van der Waals surface area contributed by atoms with Gasteiger partial charge in [0.1, 0.15) is 0 Å². The van der Waals surface area contributed by atoms with Crippen LogP contribution < -0.4 is 0 Å². The van der Waals surface area contributed by atoms with Crippen LogP contribution in [0.1, 0.15) is 36.8 Å². The Morgan fingerprint density at radius 2 is 1.14 bits per heavy atom. The summed E-state index contributed by atoms with van der Waals surface area (Å²) in [5, 5.41) is 8.67. The van der Waals surface area contributed by atoms with E-state index in [4.69, 9.17) is 5.41 Å². The van der Waals surface area contributed by atoms with Gasteiger partial charge in [-0.2, -0.15) is 0 Å². The highest BCUT2D eigenvalue weighted by Crippen LogP contribution is 2.36. The van der Waals surface area contributed by atoms with Crippen LogP contribution >= 0.6 is 0 Å². The first-order valence-electron chi connectivity index (χ1n) is 9.44. The number of hydrogen-bond acceptors (Lipinski definition) is 1. The maximum absolute atomic E-state index is 13.6. The van der Waals surface area contributed by atoms with E-state index in [1.165, 1.54) is 24.3 Å². The third-order valence-corrected chi connectivity index (χ3v) is 5.71. The zero-order valence-corrected chi connectivity index (χ0v) is 15.3. The van der Waals surface area contributed by atoms with E-state index in [1.807, 2.05) is 9.80 Å². The summed E-state index contributed by atoms with van der Waals surface area (Å²) in [5.41, 5.74) is 1.20. The molecule has 0 amide bonds. The number of guanidine groups is 1. The topological polar surface area (TPSA) is 30.3 Å². The lowest BCUT2D eigenvalue weighted by molar-refractivity contribution is 0.197. The molecule has 1 heterocycles. The largest absolute Gasteiger partial charge is 0.334 e. The van der Waals surface area contributed by atoms with E-state index in [0.29, 0.717) is 24.2 Å². The predicted octanol–water partition coefficient (Wildman–Crippen LogP) is 4.81. The second-order valence-corrected chi connectivity index (χ2v) is 7.50. The molecule has 1 saturated carbocycles. The average molecular weight is 391 g/mol. The molecule has 3 nitrogen and oxygen atoms in total. The van der Waals surface area contributed by atoms with Crippen molar-refractivity contribution in [2.75, 3.05) is 0 Å². The molecule has 1 N–H and O–H groups in total. The molecule has 0 radical (unpaired) electrons. The van der Waals surface area contributed by atoms with Crippen molar-refractivity contribution in [3.63, 3.8) is 0 Å². The number of nitrogens with zero attached hydrogens (tertiary/aromatic N) is 2. The Bertz CT molecular complexity index is 830. The van der Waals surface area contributed by atoms with E-state index in [2.05, 4.69) is 0 Å². The van der Waals surface area contributed by atoms with Gasteiger partial charge in [0, 0.05) is 13.1 Å². The summed E-state index contributed by atoms with van der Waals surface area (Å²) >= 11 is 0. The minimum Gasteiger partial charge on any atom is -0.334 e. The van der Waals surface area contributed by atoms with Crippen molar-refractivity contribution in [3.8, 4) is 0 Å². The second-order valence-electron chi connectivity index (χ2n) is 7.50. The molecule has 1 aliphatic heterocycles. The van der Waals surface area contributed by atoms with Crippen molar-refractivity contribution in [3.05, 3.63) is 70.8 Å². The number of halogens is 4. The number of nitrogens with one attached hydrogen (secondary N) is 1. The summed E-state index contributed by atoms with van der Waals surface area (Å²) in [6.07, 6.45) is 3.90. The van der Waals surface area contributed by atoms with Gasteiger partial charge in [-0.15, -0.1) is 0 Å². The summed E-state index contributed by atoms with van der Waals surface area (Å²) in [6.45, 7) is 0.622. The number of hydrogen-bond donors (Lipinski definition) is 1. The van der Waals surface area contributed by atoms with E-state index in [9.17, 15) is 17.6 Å². The zero-order valence-electron chi connectivity index (χ0n) is 15.3. The van der Waals surface area contributed by atoms with Crippen LogP contribution in [0, 0.1) is 28.7 Å². The fourth-order valence-electron chi connectivity index (χ4n) is 4.35. The maximum Gasteiger partial charge on any atom is 0.194 e. The van der Waals surface area contributed by atoms with Crippen LogP contribution in [-0.4, -0.2) is 27.8 Å². The standard InChI is InChI=1S/C21H21F4N3/c22-15-7-5-13(9-17(15)24)11-27-19-3-1-2-4-20(19)28(21(27)26)12-14-6-8-16(23)18(25)10-14/h5-10,19-20,26H,1-4,11-12H2. The lowest BCUT2D eigenvalue weighted by Crippen LogP contribution is -2.39. The fraction of sp³-hybridized carbons (Fsp3) is 0.381. The third-order valence-electron chi connectivity index (χ3n) is 5.71. The number of benzene rings is 2. The summed E-state index contributed by atoms with van der Waals surface area (Å²) in [7, 11) is 0. The molecular formula is C21H21F4N3. The Morgan fingerprint density at radius 1 is 0.714 bits per heavy atom. The Kier molecular flexibility index (Phi) is 5.00. The van der Waals surface area contributed by atoms with Gasteiger partial charge >= 0.3 is 0 Å². The Hall–Kier alpha value is -2.57. The van der Waals surface area contributed by atoms with E-state index in [0.717, 1.165) is 37.8 Å². The molecule has 0 aromatic heterocycles. The number of fused-ring (bicyclic) bond motifs is 1. The normalized spacial score (nSPS) is 21.9. The van der Waals surface area contributed by atoms with Gasteiger partial charge in [0.2, 0.25) is 0 Å². The Morgan fingerprint density at radius 3 is 1.54 bits per heavy atom. The first-order chi connectivity index (χ1) is 13.4. The lowest BCUT2D eigenvalue weighted by atomic mass is 9.90. The van der Waals surface area contributed by atoms with Crippen LogP contribution in [0.5, 0.6) is 0 Å². The van der Waals surface area contributed by atoms with Gasteiger partial charge in [0.05, 0.1) is 12.1 Å². The van der Waals surface area contributed by atoms with Crippen molar-refractivity contribution in [2.45, 2.75) is 50.9 Å². The molecule has 2 unspecified atom stereocenters. The van der Waals surface area contributed by atoms with Gasteiger partial charge in [-0.3, -0.25) is 5.41 Å². The van der Waals surface area contributed by atoms with Crippen LogP contribution in [0.15, 0.2) is 36.4 Å². The summed E-state index contributed by atoms with van der Waals surface area (Å²) in [5.74, 6) is -3.30. The molecule has 148 valence electrons. The summed E-state index contributed by atoms with van der Waals surface area (Å²) in [6, 6.07) is 7.78. The van der Waals surface area contributed by atoms with Crippen LogP contribution in [0.3, 0.4) is 0 Å². The third kappa shape index (κ3) is 3.45. The molecule has 0 spiro atoms. The highest BCUT2D eigenvalue weighted by Gasteiger charge is 2.44. The molecule has 2 aromatic carbocycles. The highest BCUT2D eigenvalue weighted by atomic mass is 19.2. The van der Waals surface area contributed by atoms with E-state index in [-0.39, 0.29) is 18.0 Å². The highest BCUT2D eigenvalue weighted by molar-refractivity contribution is 5.80. The van der Waals surface area contributed by atoms with Crippen LogP contribution in [0.25, 0.3) is 0 Å². The summed E-state index contributed by atoms with van der Waals surface area (Å²) in [4.78, 5) is 3.83. The Labute approximate surface area is 161 Å². The first-order valence-corrected chi connectivity index (χ1v) is 9.44. The molecule has 2 atom stereocenters. The minimum absolute atomic E-state index is 0.0969. The SMILES string of the molecule is N=C1N(Cc2ccc(F)c(F)c2)C2CCCCC2N1Cc1ccc(F)c(F)c1. The van der Waals surface area contributed by atoms with Crippen molar-refractivity contribution in [1.29, 1.82) is 5.41 Å². The van der Waals surface area contributed by atoms with Crippen LogP contribution in [0.2, 0.25) is 0 Å². The minimum atomic E-state index is -0.901. The molecule has 4 rings (SSSR count). The van der Waals surface area contributed by atoms with Crippen molar-refractivity contribution < 1.29 is 17.6 Å². The van der Waals surface area contributed by atoms with E-state index in [1.54, 1.807) is 0 Å². The van der Waals surface area contributed by atoms with E-state index < -0.39 is 23.3 Å². The molecule has 1 saturated heterocycles. The fourth-order valence-corrected chi connectivity index (χ4v) is 4.35. The quantitative estimate of drug-likeness (QED) is 0.759.